The van der Waals surface area contributed by atoms with E-state index in [2.05, 4.69) is 25.8 Å². The minimum Gasteiger partial charge on any atom is -0.324 e. The van der Waals surface area contributed by atoms with Gasteiger partial charge in [-0.05, 0) is 25.0 Å². The van der Waals surface area contributed by atoms with E-state index in [-0.39, 0.29) is 23.8 Å². The molecule has 0 aliphatic carbocycles. The summed E-state index contributed by atoms with van der Waals surface area (Å²) in [5.74, 6) is 0.591. The van der Waals surface area contributed by atoms with Gasteiger partial charge < -0.3 is 10.2 Å². The first-order valence-corrected chi connectivity index (χ1v) is 8.49. The van der Waals surface area contributed by atoms with Gasteiger partial charge in [-0.15, -0.1) is 5.10 Å². The van der Waals surface area contributed by atoms with E-state index in [0.29, 0.717) is 13.1 Å². The van der Waals surface area contributed by atoms with Crippen LogP contribution in [-0.4, -0.2) is 45.1 Å². The van der Waals surface area contributed by atoms with Crippen molar-refractivity contribution in [2.75, 3.05) is 23.7 Å². The molecule has 2 aromatic rings. The number of urea groups is 1. The molecule has 1 saturated heterocycles. The van der Waals surface area contributed by atoms with Crippen LogP contribution in [0, 0.1) is 5.92 Å². The van der Waals surface area contributed by atoms with Gasteiger partial charge in [0, 0.05) is 25.2 Å². The number of aromatic amines is 1. The van der Waals surface area contributed by atoms with Gasteiger partial charge in [-0.1, -0.05) is 25.1 Å². The van der Waals surface area contributed by atoms with Crippen molar-refractivity contribution >= 4 is 23.6 Å². The Morgan fingerprint density at radius 1 is 1.28 bits per heavy atom. The van der Waals surface area contributed by atoms with Gasteiger partial charge in [0.2, 0.25) is 11.9 Å². The van der Waals surface area contributed by atoms with Crippen LogP contribution in [0.15, 0.2) is 30.3 Å². The van der Waals surface area contributed by atoms with Gasteiger partial charge in [-0.3, -0.25) is 15.2 Å². The highest BCUT2D eigenvalue weighted by Gasteiger charge is 2.29. The summed E-state index contributed by atoms with van der Waals surface area (Å²) < 4.78 is 0. The zero-order valence-electron chi connectivity index (χ0n) is 14.2. The lowest BCUT2D eigenvalue weighted by molar-refractivity contribution is -0.121. The molecule has 0 radical (unpaired) electrons. The van der Waals surface area contributed by atoms with E-state index in [0.717, 1.165) is 30.8 Å². The van der Waals surface area contributed by atoms with Crippen LogP contribution in [0.5, 0.6) is 0 Å². The first-order chi connectivity index (χ1) is 12.2. The highest BCUT2D eigenvalue weighted by molar-refractivity contribution is 5.93. The molecule has 1 aromatic heterocycles. The molecule has 0 unspecified atom stereocenters. The molecule has 1 fully saturated rings. The number of hydrogen-bond donors (Lipinski definition) is 3. The van der Waals surface area contributed by atoms with Gasteiger partial charge in [0.05, 0.1) is 5.92 Å². The predicted octanol–water partition coefficient (Wildman–Crippen LogP) is 2.25. The maximum atomic E-state index is 12.4. The van der Waals surface area contributed by atoms with Crippen LogP contribution >= 0.6 is 0 Å². The Morgan fingerprint density at radius 2 is 2.08 bits per heavy atom. The van der Waals surface area contributed by atoms with Crippen LogP contribution in [0.3, 0.4) is 0 Å². The summed E-state index contributed by atoms with van der Waals surface area (Å²) in [5, 5.41) is 12.3. The smallest absolute Gasteiger partial charge is 0.321 e. The third-order valence-corrected chi connectivity index (χ3v) is 4.21. The molecule has 0 spiro atoms. The molecule has 0 bridgehead atoms. The molecule has 1 aliphatic rings. The number of para-hydroxylation sites is 1. The summed E-state index contributed by atoms with van der Waals surface area (Å²) in [6, 6.07) is 9.10. The number of aromatic nitrogens is 3. The number of anilines is 2. The zero-order valence-corrected chi connectivity index (χ0v) is 14.2. The van der Waals surface area contributed by atoms with Crippen LogP contribution in [0.25, 0.3) is 0 Å². The first kappa shape index (κ1) is 16.9. The molecule has 132 valence electrons. The fraction of sp³-hybridized carbons (Fsp3) is 0.412. The van der Waals surface area contributed by atoms with Crippen molar-refractivity contribution in [2.45, 2.75) is 26.2 Å². The Hall–Kier alpha value is -2.90. The molecule has 1 aromatic carbocycles. The van der Waals surface area contributed by atoms with Crippen molar-refractivity contribution in [2.24, 2.45) is 5.92 Å². The molecule has 3 N–H and O–H groups in total. The fourth-order valence-corrected chi connectivity index (χ4v) is 2.82. The summed E-state index contributed by atoms with van der Waals surface area (Å²) in [4.78, 5) is 30.7. The lowest BCUT2D eigenvalue weighted by Gasteiger charge is -2.31. The van der Waals surface area contributed by atoms with Crippen LogP contribution in [0.4, 0.5) is 16.4 Å². The number of piperidine rings is 1. The van der Waals surface area contributed by atoms with Gasteiger partial charge in [0.15, 0.2) is 0 Å². The number of carbonyl (C=O) groups is 2. The topological polar surface area (TPSA) is 103 Å². The van der Waals surface area contributed by atoms with Crippen LogP contribution in [0.1, 0.15) is 25.6 Å². The lowest BCUT2D eigenvalue weighted by atomic mass is 9.97. The normalized spacial score (nSPS) is 17.2. The van der Waals surface area contributed by atoms with Crippen molar-refractivity contribution in [3.05, 3.63) is 36.2 Å². The van der Waals surface area contributed by atoms with Crippen molar-refractivity contribution in [1.29, 1.82) is 0 Å². The predicted molar refractivity (Wildman–Crippen MR) is 94.1 cm³/mol. The standard InChI is InChI=1S/C17H22N6O2/c1-2-14-19-16(22-21-14)20-15(24)12-7-6-10-23(11-12)17(25)18-13-8-4-3-5-9-13/h3-5,8-9,12H,2,6-7,10-11H2,1H3,(H,18,25)(H2,19,20,21,22,24)/t12-/m1/s1. The summed E-state index contributed by atoms with van der Waals surface area (Å²) in [6.07, 6.45) is 2.25. The average molecular weight is 342 g/mol. The SMILES string of the molecule is CCc1nc(NC(=O)[C@@H]2CCCN(C(=O)Nc3ccccc3)C2)n[nH]1. The van der Waals surface area contributed by atoms with Crippen LogP contribution in [0.2, 0.25) is 0 Å². The number of aryl methyl sites for hydroxylation is 1. The minimum atomic E-state index is -0.265. The molecular weight excluding hydrogens is 320 g/mol. The second kappa shape index (κ2) is 7.78. The molecule has 1 atom stereocenters. The van der Waals surface area contributed by atoms with Gasteiger partial charge >= 0.3 is 6.03 Å². The van der Waals surface area contributed by atoms with Gasteiger partial charge in [-0.2, -0.15) is 4.98 Å². The Bertz CT molecular complexity index is 730. The minimum absolute atomic E-state index is 0.154. The number of nitrogens with one attached hydrogen (secondary N) is 3. The molecule has 3 rings (SSSR count). The highest BCUT2D eigenvalue weighted by Crippen LogP contribution is 2.19. The van der Waals surface area contributed by atoms with Crippen molar-refractivity contribution in [1.82, 2.24) is 20.1 Å². The maximum Gasteiger partial charge on any atom is 0.321 e. The maximum absolute atomic E-state index is 12.4. The van der Waals surface area contributed by atoms with Crippen LogP contribution in [-0.2, 0) is 11.2 Å². The number of nitrogens with zero attached hydrogens (tertiary/aromatic N) is 3. The molecule has 0 saturated carbocycles. The largest absolute Gasteiger partial charge is 0.324 e. The van der Waals surface area contributed by atoms with E-state index in [4.69, 9.17) is 0 Å². The van der Waals surface area contributed by atoms with Gasteiger partial charge in [-0.25, -0.2) is 4.79 Å². The van der Waals surface area contributed by atoms with E-state index in [1.54, 1.807) is 4.90 Å². The Kier molecular flexibility index (Phi) is 5.27. The molecule has 8 heteroatoms. The number of hydrogen-bond acceptors (Lipinski definition) is 4. The summed E-state index contributed by atoms with van der Waals surface area (Å²) in [7, 11) is 0. The second-order valence-electron chi connectivity index (χ2n) is 6.03. The van der Waals surface area contributed by atoms with Gasteiger partial charge in [0.25, 0.3) is 0 Å². The number of rotatable bonds is 4. The van der Waals surface area contributed by atoms with Gasteiger partial charge in [0.1, 0.15) is 5.82 Å². The molecule has 8 nitrogen and oxygen atoms in total. The van der Waals surface area contributed by atoms with Crippen molar-refractivity contribution in [3.8, 4) is 0 Å². The van der Waals surface area contributed by atoms with Crippen molar-refractivity contribution in [3.63, 3.8) is 0 Å². The van der Waals surface area contributed by atoms with E-state index in [1.807, 2.05) is 37.3 Å². The van der Waals surface area contributed by atoms with Crippen molar-refractivity contribution < 1.29 is 9.59 Å². The second-order valence-corrected chi connectivity index (χ2v) is 6.03. The number of carbonyl (C=O) groups excluding carboxylic acids is 2. The summed E-state index contributed by atoms with van der Waals surface area (Å²) >= 11 is 0. The van der Waals surface area contributed by atoms with E-state index in [9.17, 15) is 9.59 Å². The molecule has 1 aliphatic heterocycles. The number of likely N-dealkylation sites (tertiary alicyclic amines) is 1. The summed E-state index contributed by atoms with van der Waals surface area (Å²) in [5.41, 5.74) is 0.742. The molecule has 25 heavy (non-hydrogen) atoms. The Morgan fingerprint density at radius 3 is 2.80 bits per heavy atom. The third kappa shape index (κ3) is 4.34. The number of H-pyrrole nitrogens is 1. The van der Waals surface area contributed by atoms with Crippen LogP contribution < -0.4 is 10.6 Å². The Labute approximate surface area is 146 Å². The summed E-state index contributed by atoms with van der Waals surface area (Å²) in [6.45, 7) is 2.98. The third-order valence-electron chi connectivity index (χ3n) is 4.21. The molecule has 2 heterocycles. The monoisotopic (exact) mass is 342 g/mol. The lowest BCUT2D eigenvalue weighted by Crippen LogP contribution is -2.45. The fourth-order valence-electron chi connectivity index (χ4n) is 2.82. The van der Waals surface area contributed by atoms with E-state index < -0.39 is 0 Å². The molecule has 3 amide bonds. The Balaban J connectivity index is 1.56. The van der Waals surface area contributed by atoms with E-state index >= 15 is 0 Å². The van der Waals surface area contributed by atoms with E-state index in [1.165, 1.54) is 0 Å². The average Bonchev–Trinajstić information content (AvgIpc) is 3.10. The number of benzene rings is 1. The highest BCUT2D eigenvalue weighted by atomic mass is 16.2. The number of amides is 3. The first-order valence-electron chi connectivity index (χ1n) is 8.49. The zero-order chi connectivity index (χ0) is 17.6. The quantitative estimate of drug-likeness (QED) is 0.793. The molecular formula is C17H22N6O2.